The van der Waals surface area contributed by atoms with Gasteiger partial charge in [0.25, 0.3) is 5.91 Å². The third kappa shape index (κ3) is 3.47. The largest absolute Gasteiger partial charge is 0.481 e. The molecule has 104 valence electrons. The van der Waals surface area contributed by atoms with Gasteiger partial charge >= 0.3 is 0 Å². The Kier molecular flexibility index (Phi) is 4.43. The molecular weight excluding hydrogens is 240 g/mol. The summed E-state index contributed by atoms with van der Waals surface area (Å²) in [5.41, 5.74) is 2.41. The molecule has 1 aliphatic heterocycles. The van der Waals surface area contributed by atoms with Crippen LogP contribution in [0.5, 0.6) is 5.75 Å². The molecule has 0 aromatic heterocycles. The van der Waals surface area contributed by atoms with Crippen molar-refractivity contribution >= 4 is 5.91 Å². The van der Waals surface area contributed by atoms with Crippen molar-refractivity contribution in [1.29, 1.82) is 0 Å². The molecule has 1 saturated heterocycles. The van der Waals surface area contributed by atoms with Crippen molar-refractivity contribution in [2.45, 2.75) is 26.9 Å². The van der Waals surface area contributed by atoms with E-state index < -0.39 is 6.10 Å². The molecule has 1 N–H and O–H groups in total. The number of aryl methyl sites for hydroxylation is 2. The first-order valence-corrected chi connectivity index (χ1v) is 6.81. The number of ether oxygens (including phenoxy) is 1. The molecule has 0 bridgehead atoms. The number of amides is 1. The smallest absolute Gasteiger partial charge is 0.263 e. The van der Waals surface area contributed by atoms with Gasteiger partial charge in [-0.1, -0.05) is 6.07 Å². The Bertz CT molecular complexity index is 453. The third-order valence-electron chi connectivity index (χ3n) is 3.57. The second kappa shape index (κ2) is 6.06. The molecule has 0 spiro atoms. The van der Waals surface area contributed by atoms with E-state index in [-0.39, 0.29) is 5.91 Å². The Morgan fingerprint density at radius 1 is 1.26 bits per heavy atom. The van der Waals surface area contributed by atoms with Crippen molar-refractivity contribution in [2.24, 2.45) is 0 Å². The van der Waals surface area contributed by atoms with Gasteiger partial charge in [-0.05, 0) is 44.0 Å². The molecule has 4 heteroatoms. The predicted molar refractivity (Wildman–Crippen MR) is 75.5 cm³/mol. The minimum atomic E-state index is -0.430. The summed E-state index contributed by atoms with van der Waals surface area (Å²) in [6.07, 6.45) is -0.430. The third-order valence-corrected chi connectivity index (χ3v) is 3.57. The topological polar surface area (TPSA) is 41.6 Å². The van der Waals surface area contributed by atoms with Crippen molar-refractivity contribution in [1.82, 2.24) is 10.2 Å². The van der Waals surface area contributed by atoms with Crippen molar-refractivity contribution in [2.75, 3.05) is 26.2 Å². The number of benzene rings is 1. The highest BCUT2D eigenvalue weighted by molar-refractivity contribution is 5.81. The van der Waals surface area contributed by atoms with Gasteiger partial charge in [0.05, 0.1) is 0 Å². The van der Waals surface area contributed by atoms with Gasteiger partial charge in [0, 0.05) is 26.2 Å². The lowest BCUT2D eigenvalue weighted by Crippen LogP contribution is -2.50. The number of carbonyl (C=O) groups is 1. The van der Waals surface area contributed by atoms with E-state index in [0.717, 1.165) is 31.9 Å². The van der Waals surface area contributed by atoms with Gasteiger partial charge in [0.1, 0.15) is 5.75 Å². The second-order valence-electron chi connectivity index (χ2n) is 5.08. The molecule has 4 nitrogen and oxygen atoms in total. The second-order valence-corrected chi connectivity index (χ2v) is 5.08. The van der Waals surface area contributed by atoms with Crippen molar-refractivity contribution in [3.8, 4) is 5.75 Å². The zero-order valence-electron chi connectivity index (χ0n) is 11.9. The van der Waals surface area contributed by atoms with Crippen LogP contribution in [-0.2, 0) is 4.79 Å². The van der Waals surface area contributed by atoms with Crippen LogP contribution in [0.25, 0.3) is 0 Å². The number of nitrogens with zero attached hydrogens (tertiary/aromatic N) is 1. The fourth-order valence-corrected chi connectivity index (χ4v) is 2.18. The summed E-state index contributed by atoms with van der Waals surface area (Å²) in [5, 5.41) is 3.24. The Labute approximate surface area is 114 Å². The first-order chi connectivity index (χ1) is 9.08. The molecule has 1 fully saturated rings. The van der Waals surface area contributed by atoms with Crippen LogP contribution in [0.3, 0.4) is 0 Å². The molecular formula is C15H22N2O2. The van der Waals surface area contributed by atoms with Crippen LogP contribution in [0.2, 0.25) is 0 Å². The van der Waals surface area contributed by atoms with Gasteiger partial charge in [-0.3, -0.25) is 4.79 Å². The van der Waals surface area contributed by atoms with E-state index in [2.05, 4.69) is 12.2 Å². The van der Waals surface area contributed by atoms with Gasteiger partial charge in [-0.2, -0.15) is 0 Å². The monoisotopic (exact) mass is 262 g/mol. The summed E-state index contributed by atoms with van der Waals surface area (Å²) in [5.74, 6) is 0.832. The van der Waals surface area contributed by atoms with E-state index in [0.29, 0.717) is 0 Å². The molecule has 2 rings (SSSR count). The minimum Gasteiger partial charge on any atom is -0.481 e. The van der Waals surface area contributed by atoms with Gasteiger partial charge in [-0.25, -0.2) is 0 Å². The van der Waals surface area contributed by atoms with Crippen LogP contribution >= 0.6 is 0 Å². The van der Waals surface area contributed by atoms with Gasteiger partial charge in [0.2, 0.25) is 0 Å². The van der Waals surface area contributed by atoms with Crippen molar-refractivity contribution in [3.63, 3.8) is 0 Å². The average molecular weight is 262 g/mol. The molecule has 0 aliphatic carbocycles. The molecule has 1 aromatic carbocycles. The Morgan fingerprint density at radius 3 is 2.58 bits per heavy atom. The van der Waals surface area contributed by atoms with E-state index in [1.165, 1.54) is 11.1 Å². The lowest BCUT2D eigenvalue weighted by atomic mass is 10.1. The molecule has 1 aromatic rings. The summed E-state index contributed by atoms with van der Waals surface area (Å²) < 4.78 is 5.75. The van der Waals surface area contributed by atoms with Crippen LogP contribution < -0.4 is 10.1 Å². The average Bonchev–Trinajstić information content (AvgIpc) is 2.43. The Hall–Kier alpha value is -1.55. The van der Waals surface area contributed by atoms with Gasteiger partial charge < -0.3 is 15.0 Å². The number of carbonyl (C=O) groups excluding carboxylic acids is 1. The molecule has 1 heterocycles. The zero-order valence-corrected chi connectivity index (χ0v) is 11.9. The number of piperazine rings is 1. The van der Waals surface area contributed by atoms with Gasteiger partial charge in [0.15, 0.2) is 6.10 Å². The maximum Gasteiger partial charge on any atom is 0.263 e. The SMILES string of the molecule is Cc1ccc(OC(C)C(=O)N2CCNCC2)cc1C. The number of rotatable bonds is 3. The molecule has 0 saturated carbocycles. The summed E-state index contributed by atoms with van der Waals surface area (Å²) in [6, 6.07) is 5.92. The van der Waals surface area contributed by atoms with E-state index in [4.69, 9.17) is 4.74 Å². The maximum absolute atomic E-state index is 12.2. The van der Waals surface area contributed by atoms with E-state index in [9.17, 15) is 4.79 Å². The maximum atomic E-state index is 12.2. The van der Waals surface area contributed by atoms with Gasteiger partial charge in [-0.15, -0.1) is 0 Å². The Balaban J connectivity index is 1.97. The highest BCUT2D eigenvalue weighted by Crippen LogP contribution is 2.18. The van der Waals surface area contributed by atoms with E-state index in [1.54, 1.807) is 0 Å². The predicted octanol–water partition coefficient (Wildman–Crippen LogP) is 1.50. The van der Waals surface area contributed by atoms with Crippen LogP contribution in [-0.4, -0.2) is 43.1 Å². The summed E-state index contributed by atoms with van der Waals surface area (Å²) in [6.45, 7) is 9.18. The highest BCUT2D eigenvalue weighted by Gasteiger charge is 2.23. The lowest BCUT2D eigenvalue weighted by Gasteiger charge is -2.29. The van der Waals surface area contributed by atoms with Crippen molar-refractivity contribution < 1.29 is 9.53 Å². The standard InChI is InChI=1S/C15H22N2O2/c1-11-4-5-14(10-12(11)2)19-13(3)15(18)17-8-6-16-7-9-17/h4-5,10,13,16H,6-9H2,1-3H3. The molecule has 1 atom stereocenters. The van der Waals surface area contributed by atoms with Crippen LogP contribution in [0.15, 0.2) is 18.2 Å². The first kappa shape index (κ1) is 13.9. The van der Waals surface area contributed by atoms with Crippen LogP contribution in [0.1, 0.15) is 18.1 Å². The number of nitrogens with one attached hydrogen (secondary N) is 1. The highest BCUT2D eigenvalue weighted by atomic mass is 16.5. The molecule has 1 unspecified atom stereocenters. The lowest BCUT2D eigenvalue weighted by molar-refractivity contribution is -0.138. The Morgan fingerprint density at radius 2 is 1.95 bits per heavy atom. The molecule has 1 amide bonds. The normalized spacial score (nSPS) is 17.1. The quantitative estimate of drug-likeness (QED) is 0.897. The first-order valence-electron chi connectivity index (χ1n) is 6.81. The fraction of sp³-hybridized carbons (Fsp3) is 0.533. The summed E-state index contributed by atoms with van der Waals surface area (Å²) >= 11 is 0. The zero-order chi connectivity index (χ0) is 13.8. The number of hydrogen-bond donors (Lipinski definition) is 1. The number of hydrogen-bond acceptors (Lipinski definition) is 3. The van der Waals surface area contributed by atoms with E-state index >= 15 is 0 Å². The molecule has 19 heavy (non-hydrogen) atoms. The van der Waals surface area contributed by atoms with Crippen LogP contribution in [0, 0.1) is 13.8 Å². The van der Waals surface area contributed by atoms with Crippen LogP contribution in [0.4, 0.5) is 0 Å². The summed E-state index contributed by atoms with van der Waals surface area (Å²) in [4.78, 5) is 14.1. The molecule has 0 radical (unpaired) electrons. The minimum absolute atomic E-state index is 0.0692. The summed E-state index contributed by atoms with van der Waals surface area (Å²) in [7, 11) is 0. The van der Waals surface area contributed by atoms with Crippen molar-refractivity contribution in [3.05, 3.63) is 29.3 Å². The fourth-order valence-electron chi connectivity index (χ4n) is 2.18. The van der Waals surface area contributed by atoms with E-state index in [1.807, 2.05) is 36.9 Å². The molecule has 1 aliphatic rings.